The highest BCUT2D eigenvalue weighted by Crippen LogP contribution is 2.26. The quantitative estimate of drug-likeness (QED) is 0.485. The molecule has 0 aromatic heterocycles. The molecule has 0 aliphatic carbocycles. The van der Waals surface area contributed by atoms with E-state index in [1.54, 1.807) is 31.2 Å². The predicted molar refractivity (Wildman–Crippen MR) is 73.1 cm³/mol. The Morgan fingerprint density at radius 2 is 2.11 bits per heavy atom. The standard InChI is InChI=1S/C15H16O4/c1-3-4-5-12(16)13(17)8-6-11-7-9-15(19-2)14(18)10-11/h3-4,6-10,18H,5H2,1-2H3/b4-3-,8-6+. The number of phenolic OH excluding ortho intramolecular Hbond substituents is 1. The number of phenols is 1. The molecule has 1 aromatic rings. The van der Waals surface area contributed by atoms with E-state index in [2.05, 4.69) is 0 Å². The first kappa shape index (κ1) is 14.7. The number of carbonyl (C=O) groups is 2. The molecule has 0 saturated carbocycles. The number of hydrogen-bond donors (Lipinski definition) is 1. The van der Waals surface area contributed by atoms with E-state index in [1.807, 2.05) is 0 Å². The highest BCUT2D eigenvalue weighted by Gasteiger charge is 2.08. The summed E-state index contributed by atoms with van der Waals surface area (Å²) < 4.78 is 4.91. The van der Waals surface area contributed by atoms with Gasteiger partial charge in [-0.2, -0.15) is 0 Å². The van der Waals surface area contributed by atoms with Crippen LogP contribution in [0.4, 0.5) is 0 Å². The topological polar surface area (TPSA) is 63.6 Å². The SMILES string of the molecule is C/C=C\CC(=O)C(=O)/C=C/c1ccc(OC)c(O)c1. The number of Topliss-reactive ketones (excluding diaryl/α,β-unsaturated/α-hetero) is 1. The number of allylic oxidation sites excluding steroid dienone is 3. The van der Waals surface area contributed by atoms with Gasteiger partial charge in [-0.1, -0.05) is 24.3 Å². The van der Waals surface area contributed by atoms with E-state index < -0.39 is 11.6 Å². The van der Waals surface area contributed by atoms with Gasteiger partial charge in [0.05, 0.1) is 7.11 Å². The van der Waals surface area contributed by atoms with Gasteiger partial charge < -0.3 is 9.84 Å². The summed E-state index contributed by atoms with van der Waals surface area (Å²) in [7, 11) is 1.45. The van der Waals surface area contributed by atoms with Crippen LogP contribution in [0.3, 0.4) is 0 Å². The molecule has 0 aliphatic rings. The first-order valence-electron chi connectivity index (χ1n) is 5.82. The average molecular weight is 260 g/mol. The number of methoxy groups -OCH3 is 1. The Bertz CT molecular complexity index is 527. The van der Waals surface area contributed by atoms with E-state index >= 15 is 0 Å². The molecule has 4 nitrogen and oxygen atoms in total. The molecule has 0 atom stereocenters. The zero-order valence-electron chi connectivity index (χ0n) is 10.9. The van der Waals surface area contributed by atoms with Crippen LogP contribution in [0.5, 0.6) is 11.5 Å². The van der Waals surface area contributed by atoms with E-state index in [0.717, 1.165) is 0 Å². The number of aromatic hydroxyl groups is 1. The molecule has 1 N–H and O–H groups in total. The van der Waals surface area contributed by atoms with Crippen LogP contribution in [0, 0.1) is 0 Å². The third-order valence-corrected chi connectivity index (χ3v) is 2.44. The molecule has 0 amide bonds. The monoisotopic (exact) mass is 260 g/mol. The van der Waals surface area contributed by atoms with Crippen molar-refractivity contribution in [1.29, 1.82) is 0 Å². The summed E-state index contributed by atoms with van der Waals surface area (Å²) in [5.41, 5.74) is 0.616. The lowest BCUT2D eigenvalue weighted by Gasteiger charge is -2.03. The number of hydrogen-bond acceptors (Lipinski definition) is 4. The minimum absolute atomic E-state index is 0.0164. The Morgan fingerprint density at radius 3 is 2.68 bits per heavy atom. The van der Waals surface area contributed by atoms with Crippen molar-refractivity contribution in [3.63, 3.8) is 0 Å². The molecule has 0 spiro atoms. The number of ether oxygens (including phenoxy) is 1. The summed E-state index contributed by atoms with van der Waals surface area (Å²) in [6.45, 7) is 1.79. The number of ketones is 2. The maximum atomic E-state index is 11.5. The van der Waals surface area contributed by atoms with Gasteiger partial charge in [0.15, 0.2) is 11.5 Å². The summed E-state index contributed by atoms with van der Waals surface area (Å²) >= 11 is 0. The van der Waals surface area contributed by atoms with Gasteiger partial charge in [-0.3, -0.25) is 9.59 Å². The molecule has 1 aromatic carbocycles. The van der Waals surface area contributed by atoms with Gasteiger partial charge >= 0.3 is 0 Å². The molecular formula is C15H16O4. The lowest BCUT2D eigenvalue weighted by molar-refractivity contribution is -0.133. The third-order valence-electron chi connectivity index (χ3n) is 2.44. The Hall–Kier alpha value is -2.36. The summed E-state index contributed by atoms with van der Waals surface area (Å²) in [5.74, 6) is -0.689. The van der Waals surface area contributed by atoms with Crippen LogP contribution in [-0.4, -0.2) is 23.8 Å². The second kappa shape index (κ2) is 7.16. The Labute approximate surface area is 112 Å². The van der Waals surface area contributed by atoms with Crippen molar-refractivity contribution in [1.82, 2.24) is 0 Å². The van der Waals surface area contributed by atoms with Crippen LogP contribution >= 0.6 is 0 Å². The second-order valence-electron chi connectivity index (χ2n) is 3.83. The third kappa shape index (κ3) is 4.43. The summed E-state index contributed by atoms with van der Waals surface area (Å²) in [5, 5.41) is 9.56. The number of benzene rings is 1. The Morgan fingerprint density at radius 1 is 1.37 bits per heavy atom. The van der Waals surface area contributed by atoms with E-state index in [-0.39, 0.29) is 12.2 Å². The van der Waals surface area contributed by atoms with Crippen molar-refractivity contribution in [2.45, 2.75) is 13.3 Å². The molecule has 100 valence electrons. The molecule has 0 aliphatic heterocycles. The maximum absolute atomic E-state index is 11.5. The zero-order chi connectivity index (χ0) is 14.3. The summed E-state index contributed by atoms with van der Waals surface area (Å²) in [6, 6.07) is 4.72. The number of carbonyl (C=O) groups excluding carboxylic acids is 2. The van der Waals surface area contributed by atoms with Crippen LogP contribution < -0.4 is 4.74 Å². The molecule has 0 fully saturated rings. The van der Waals surface area contributed by atoms with Crippen molar-refractivity contribution in [3.8, 4) is 11.5 Å². The van der Waals surface area contributed by atoms with Gasteiger partial charge in [0.25, 0.3) is 0 Å². The van der Waals surface area contributed by atoms with Crippen molar-refractivity contribution in [2.24, 2.45) is 0 Å². The van der Waals surface area contributed by atoms with Crippen LogP contribution in [0.15, 0.2) is 36.4 Å². The van der Waals surface area contributed by atoms with Crippen LogP contribution in [-0.2, 0) is 9.59 Å². The molecule has 1 rings (SSSR count). The van der Waals surface area contributed by atoms with Crippen molar-refractivity contribution in [2.75, 3.05) is 7.11 Å². The largest absolute Gasteiger partial charge is 0.504 e. The molecule has 19 heavy (non-hydrogen) atoms. The van der Waals surface area contributed by atoms with Crippen LogP contribution in [0.2, 0.25) is 0 Å². The van der Waals surface area contributed by atoms with Gasteiger partial charge in [-0.15, -0.1) is 0 Å². The Kier molecular flexibility index (Phi) is 5.54. The molecular weight excluding hydrogens is 244 g/mol. The Balaban J connectivity index is 2.73. The van der Waals surface area contributed by atoms with Gasteiger partial charge in [0.2, 0.25) is 11.6 Å². The van der Waals surface area contributed by atoms with E-state index in [4.69, 9.17) is 4.74 Å². The van der Waals surface area contributed by atoms with Gasteiger partial charge in [0, 0.05) is 6.42 Å². The minimum atomic E-state index is -0.562. The molecule has 0 radical (unpaired) electrons. The zero-order valence-corrected chi connectivity index (χ0v) is 10.9. The van der Waals surface area contributed by atoms with Crippen molar-refractivity contribution in [3.05, 3.63) is 42.0 Å². The average Bonchev–Trinajstić information content (AvgIpc) is 2.42. The number of rotatable bonds is 6. The minimum Gasteiger partial charge on any atom is -0.504 e. The van der Waals surface area contributed by atoms with Crippen molar-refractivity contribution < 1.29 is 19.4 Å². The van der Waals surface area contributed by atoms with Crippen LogP contribution in [0.1, 0.15) is 18.9 Å². The molecule has 0 saturated heterocycles. The molecule has 0 bridgehead atoms. The highest BCUT2D eigenvalue weighted by molar-refractivity contribution is 6.42. The lowest BCUT2D eigenvalue weighted by Crippen LogP contribution is -2.08. The highest BCUT2D eigenvalue weighted by atomic mass is 16.5. The van der Waals surface area contributed by atoms with E-state index in [0.29, 0.717) is 11.3 Å². The smallest absolute Gasteiger partial charge is 0.221 e. The van der Waals surface area contributed by atoms with Gasteiger partial charge in [0.1, 0.15) is 0 Å². The molecule has 0 heterocycles. The fourth-order valence-electron chi connectivity index (χ4n) is 1.40. The van der Waals surface area contributed by atoms with Crippen molar-refractivity contribution >= 4 is 17.6 Å². The summed E-state index contributed by atoms with van der Waals surface area (Å²) in [6.07, 6.45) is 6.14. The molecule has 0 unspecified atom stereocenters. The lowest BCUT2D eigenvalue weighted by atomic mass is 10.1. The van der Waals surface area contributed by atoms with E-state index in [1.165, 1.54) is 25.3 Å². The normalized spacial score (nSPS) is 11.1. The first-order valence-corrected chi connectivity index (χ1v) is 5.82. The van der Waals surface area contributed by atoms with E-state index in [9.17, 15) is 14.7 Å². The van der Waals surface area contributed by atoms with Gasteiger partial charge in [-0.25, -0.2) is 0 Å². The fraction of sp³-hybridized carbons (Fsp3) is 0.200. The van der Waals surface area contributed by atoms with Crippen LogP contribution in [0.25, 0.3) is 6.08 Å². The first-order chi connectivity index (χ1) is 9.08. The fourth-order valence-corrected chi connectivity index (χ4v) is 1.40. The van der Waals surface area contributed by atoms with Gasteiger partial charge in [-0.05, 0) is 30.7 Å². The molecule has 4 heteroatoms. The second-order valence-corrected chi connectivity index (χ2v) is 3.83. The predicted octanol–water partition coefficient (Wildman–Crippen LogP) is 2.52. The summed E-state index contributed by atoms with van der Waals surface area (Å²) in [4.78, 5) is 22.8. The maximum Gasteiger partial charge on any atom is 0.221 e.